The molecule has 1 rings (SSSR count). The van der Waals surface area contributed by atoms with Gasteiger partial charge in [0.2, 0.25) is 0 Å². The number of carbonyl (C=O) groups excluding carboxylic acids is 1. The maximum atomic E-state index is 11.0. The Balaban J connectivity index is 2.21. The molecule has 0 saturated heterocycles. The number of ether oxygens (including phenoxy) is 2. The van der Waals surface area contributed by atoms with E-state index in [0.717, 1.165) is 57.8 Å². The minimum atomic E-state index is -1.43. The molecule has 0 amide bonds. The molecular formula is C20H29NO7. The molecule has 0 spiro atoms. The van der Waals surface area contributed by atoms with Gasteiger partial charge in [0.15, 0.2) is 0 Å². The summed E-state index contributed by atoms with van der Waals surface area (Å²) in [5, 5.41) is 19.7. The number of carbonyl (C=O) groups is 2. The Labute approximate surface area is 165 Å². The normalized spacial score (nSPS) is 10.5. The number of methoxy groups -OCH3 is 1. The molecule has 0 aromatic heterocycles. The van der Waals surface area contributed by atoms with Crippen molar-refractivity contribution in [3.8, 4) is 5.75 Å². The highest BCUT2D eigenvalue weighted by Crippen LogP contribution is 2.26. The van der Waals surface area contributed by atoms with Gasteiger partial charge in [-0.2, -0.15) is 0 Å². The third-order valence-electron chi connectivity index (χ3n) is 4.51. The second-order valence-corrected chi connectivity index (χ2v) is 6.68. The molecule has 0 atom stereocenters. The van der Waals surface area contributed by atoms with Crippen LogP contribution in [0, 0.1) is 10.1 Å². The van der Waals surface area contributed by atoms with Crippen molar-refractivity contribution in [2.45, 2.75) is 70.6 Å². The van der Waals surface area contributed by atoms with Gasteiger partial charge in [0, 0.05) is 24.1 Å². The van der Waals surface area contributed by atoms with E-state index < -0.39 is 11.1 Å². The molecule has 0 aliphatic heterocycles. The molecule has 1 aromatic rings. The number of benzene rings is 1. The largest absolute Gasteiger partial charge is 0.511 e. The second-order valence-electron chi connectivity index (χ2n) is 6.68. The van der Waals surface area contributed by atoms with Crippen LogP contribution in [0.2, 0.25) is 0 Å². The lowest BCUT2D eigenvalue weighted by atomic mass is 10.0. The standard InChI is InChI=1S/C20H29NO7/c1-27-19(22)12-10-8-6-4-2-3-5-7-9-11-16-15-17(21(25)26)13-14-18(16)28-20(23)24/h13-15H,2-12H2,1H3,(H,23,24). The maximum absolute atomic E-state index is 11.0. The first-order valence-corrected chi connectivity index (χ1v) is 9.69. The van der Waals surface area contributed by atoms with Crippen molar-refractivity contribution < 1.29 is 29.1 Å². The first-order chi connectivity index (χ1) is 13.4. The van der Waals surface area contributed by atoms with Crippen molar-refractivity contribution in [1.82, 2.24) is 0 Å². The van der Waals surface area contributed by atoms with Gasteiger partial charge >= 0.3 is 12.1 Å². The van der Waals surface area contributed by atoms with E-state index in [0.29, 0.717) is 18.4 Å². The van der Waals surface area contributed by atoms with Crippen LogP contribution in [-0.2, 0) is 16.0 Å². The van der Waals surface area contributed by atoms with Crippen molar-refractivity contribution in [3.05, 3.63) is 33.9 Å². The number of unbranched alkanes of at least 4 members (excludes halogenated alkanes) is 8. The van der Waals surface area contributed by atoms with Crippen molar-refractivity contribution >= 4 is 17.8 Å². The predicted molar refractivity (Wildman–Crippen MR) is 104 cm³/mol. The molecule has 8 heteroatoms. The number of hydrogen-bond donors (Lipinski definition) is 1. The highest BCUT2D eigenvalue weighted by molar-refractivity contribution is 5.68. The van der Waals surface area contributed by atoms with Gasteiger partial charge in [0.05, 0.1) is 12.0 Å². The topological polar surface area (TPSA) is 116 Å². The molecule has 0 aliphatic carbocycles. The van der Waals surface area contributed by atoms with E-state index in [9.17, 15) is 19.7 Å². The molecule has 1 aromatic carbocycles. The highest BCUT2D eigenvalue weighted by Gasteiger charge is 2.13. The molecular weight excluding hydrogens is 366 g/mol. The van der Waals surface area contributed by atoms with E-state index in [1.165, 1.54) is 25.3 Å². The van der Waals surface area contributed by atoms with Gasteiger partial charge in [-0.3, -0.25) is 14.9 Å². The Morgan fingerprint density at radius 2 is 1.57 bits per heavy atom. The number of carboxylic acid groups (broad SMARTS) is 1. The third kappa shape index (κ3) is 9.89. The minimum Gasteiger partial charge on any atom is -0.469 e. The van der Waals surface area contributed by atoms with E-state index >= 15 is 0 Å². The SMILES string of the molecule is COC(=O)CCCCCCCCCCCc1cc([N+](=O)[O-])ccc1OC(=O)O. The van der Waals surface area contributed by atoms with Gasteiger partial charge in [0.25, 0.3) is 5.69 Å². The van der Waals surface area contributed by atoms with Gasteiger partial charge in [-0.1, -0.05) is 44.9 Å². The lowest BCUT2D eigenvalue weighted by Crippen LogP contribution is -2.06. The van der Waals surface area contributed by atoms with Crippen molar-refractivity contribution in [2.24, 2.45) is 0 Å². The van der Waals surface area contributed by atoms with Gasteiger partial charge in [-0.05, 0) is 25.3 Å². The zero-order valence-electron chi connectivity index (χ0n) is 16.4. The highest BCUT2D eigenvalue weighted by atomic mass is 16.7. The molecule has 1 N–H and O–H groups in total. The van der Waals surface area contributed by atoms with E-state index in [1.54, 1.807) is 0 Å². The van der Waals surface area contributed by atoms with Crippen molar-refractivity contribution in [1.29, 1.82) is 0 Å². The average molecular weight is 395 g/mol. The molecule has 0 bridgehead atoms. The number of esters is 1. The van der Waals surface area contributed by atoms with E-state index in [4.69, 9.17) is 9.84 Å². The molecule has 0 heterocycles. The van der Waals surface area contributed by atoms with Crippen molar-refractivity contribution in [2.75, 3.05) is 7.11 Å². The summed E-state index contributed by atoms with van der Waals surface area (Å²) in [5.74, 6) is 0.00529. The summed E-state index contributed by atoms with van der Waals surface area (Å²) in [6.07, 6.45) is 8.86. The molecule has 0 saturated carbocycles. The summed E-state index contributed by atoms with van der Waals surface area (Å²) in [6, 6.07) is 3.96. The van der Waals surface area contributed by atoms with Crippen LogP contribution in [0.15, 0.2) is 18.2 Å². The van der Waals surface area contributed by atoms with Gasteiger partial charge in [0.1, 0.15) is 5.75 Å². The molecule has 28 heavy (non-hydrogen) atoms. The number of nitro benzene ring substituents is 1. The van der Waals surface area contributed by atoms with Crippen LogP contribution in [0.25, 0.3) is 0 Å². The first-order valence-electron chi connectivity index (χ1n) is 9.69. The lowest BCUT2D eigenvalue weighted by Gasteiger charge is -2.08. The van der Waals surface area contributed by atoms with Crippen LogP contribution in [0.3, 0.4) is 0 Å². The maximum Gasteiger partial charge on any atom is 0.511 e. The fourth-order valence-electron chi connectivity index (χ4n) is 2.99. The Morgan fingerprint density at radius 1 is 1.00 bits per heavy atom. The van der Waals surface area contributed by atoms with Crippen LogP contribution in [-0.4, -0.2) is 29.3 Å². The second kappa shape index (κ2) is 13.5. The zero-order chi connectivity index (χ0) is 20.8. The molecule has 0 radical (unpaired) electrons. The quantitative estimate of drug-likeness (QED) is 0.150. The zero-order valence-corrected chi connectivity index (χ0v) is 16.4. The third-order valence-corrected chi connectivity index (χ3v) is 4.51. The van der Waals surface area contributed by atoms with E-state index in [-0.39, 0.29) is 17.4 Å². The Morgan fingerprint density at radius 3 is 2.11 bits per heavy atom. The van der Waals surface area contributed by atoms with E-state index in [1.807, 2.05) is 0 Å². The predicted octanol–water partition coefficient (Wildman–Crippen LogP) is 5.27. The fourth-order valence-corrected chi connectivity index (χ4v) is 2.99. The summed E-state index contributed by atoms with van der Waals surface area (Å²) in [5.41, 5.74) is 0.474. The fraction of sp³-hybridized carbons (Fsp3) is 0.600. The number of non-ortho nitro benzene ring substituents is 1. The molecule has 0 unspecified atom stereocenters. The molecule has 8 nitrogen and oxygen atoms in total. The number of nitro groups is 1. The van der Waals surface area contributed by atoms with E-state index in [2.05, 4.69) is 4.74 Å². The Kier molecular flexibility index (Phi) is 11.3. The summed E-state index contributed by atoms with van der Waals surface area (Å²) >= 11 is 0. The lowest BCUT2D eigenvalue weighted by molar-refractivity contribution is -0.384. The summed E-state index contributed by atoms with van der Waals surface area (Å²) in [6.45, 7) is 0. The van der Waals surface area contributed by atoms with Crippen LogP contribution < -0.4 is 4.74 Å². The van der Waals surface area contributed by atoms with Crippen LogP contribution in [0.1, 0.15) is 69.8 Å². The number of hydrogen-bond acceptors (Lipinski definition) is 6. The average Bonchev–Trinajstić information content (AvgIpc) is 2.66. The van der Waals surface area contributed by atoms with Gasteiger partial charge in [-0.25, -0.2) is 4.79 Å². The van der Waals surface area contributed by atoms with Crippen molar-refractivity contribution in [3.63, 3.8) is 0 Å². The molecule has 156 valence electrons. The van der Waals surface area contributed by atoms with Gasteiger partial charge < -0.3 is 14.6 Å². The Hall–Kier alpha value is -2.64. The van der Waals surface area contributed by atoms with Crippen LogP contribution in [0.5, 0.6) is 5.75 Å². The summed E-state index contributed by atoms with van der Waals surface area (Å²) in [7, 11) is 1.40. The number of rotatable bonds is 14. The number of nitrogens with zero attached hydrogens (tertiary/aromatic N) is 1. The van der Waals surface area contributed by atoms with Crippen LogP contribution >= 0.6 is 0 Å². The molecule has 0 aliphatic rings. The first kappa shape index (κ1) is 23.4. The smallest absolute Gasteiger partial charge is 0.469 e. The van der Waals surface area contributed by atoms with Crippen LogP contribution in [0.4, 0.5) is 10.5 Å². The summed E-state index contributed by atoms with van der Waals surface area (Å²) < 4.78 is 9.31. The number of aryl methyl sites for hydroxylation is 1. The minimum absolute atomic E-state index is 0.0695. The Bertz CT molecular complexity index is 645. The molecule has 0 fully saturated rings. The monoisotopic (exact) mass is 395 g/mol. The van der Waals surface area contributed by atoms with Gasteiger partial charge in [-0.15, -0.1) is 0 Å². The summed E-state index contributed by atoms with van der Waals surface area (Å²) in [4.78, 5) is 32.1.